The highest BCUT2D eigenvalue weighted by Gasteiger charge is 1.98. The molecule has 0 aromatic carbocycles. The van der Waals surface area contributed by atoms with Crippen molar-refractivity contribution in [2.45, 2.75) is 11.6 Å². The Labute approximate surface area is 112 Å². The van der Waals surface area contributed by atoms with Gasteiger partial charge in [0, 0.05) is 21.3 Å². The number of pyridine rings is 1. The van der Waals surface area contributed by atoms with Crippen LogP contribution >= 0.6 is 39.0 Å². The van der Waals surface area contributed by atoms with Gasteiger partial charge in [0.15, 0.2) is 0 Å². The zero-order valence-electron chi connectivity index (χ0n) is 8.74. The van der Waals surface area contributed by atoms with Crippen molar-refractivity contribution in [3.8, 4) is 0 Å². The fraction of sp³-hybridized carbons (Fsp3) is 0.182. The molecule has 0 saturated carbocycles. The summed E-state index contributed by atoms with van der Waals surface area (Å²) in [6.45, 7) is 0.844. The molecule has 0 aliphatic rings. The second-order valence-electron chi connectivity index (χ2n) is 3.17. The average Bonchev–Trinajstić information content (AvgIpc) is 2.73. The van der Waals surface area contributed by atoms with E-state index in [-0.39, 0.29) is 0 Å². The van der Waals surface area contributed by atoms with Crippen LogP contribution in [0.4, 0.5) is 5.69 Å². The first kappa shape index (κ1) is 12.0. The lowest BCUT2D eigenvalue weighted by Gasteiger charge is -2.04. The zero-order valence-corrected chi connectivity index (χ0v) is 12.0. The van der Waals surface area contributed by atoms with Crippen molar-refractivity contribution >= 4 is 44.7 Å². The van der Waals surface area contributed by atoms with Gasteiger partial charge in [-0.1, -0.05) is 0 Å². The molecule has 5 heteroatoms. The second kappa shape index (κ2) is 5.70. The lowest BCUT2D eigenvalue weighted by Crippen LogP contribution is -1.97. The SMILES string of the molecule is CSc1ccc(NCc2cc(Br)cs2)cn1. The van der Waals surface area contributed by atoms with Crippen molar-refractivity contribution in [1.82, 2.24) is 4.98 Å². The molecule has 1 N–H and O–H groups in total. The number of nitrogens with one attached hydrogen (secondary N) is 1. The fourth-order valence-corrected chi connectivity index (χ4v) is 2.99. The highest BCUT2D eigenvalue weighted by atomic mass is 79.9. The van der Waals surface area contributed by atoms with E-state index in [1.165, 1.54) is 4.88 Å². The molecular formula is C11H11BrN2S2. The van der Waals surface area contributed by atoms with Crippen molar-refractivity contribution in [3.63, 3.8) is 0 Å². The Morgan fingerprint density at radius 2 is 2.38 bits per heavy atom. The normalized spacial score (nSPS) is 10.4. The maximum absolute atomic E-state index is 4.31. The number of aromatic nitrogens is 1. The van der Waals surface area contributed by atoms with Crippen LogP contribution in [0.3, 0.4) is 0 Å². The molecule has 2 aromatic heterocycles. The predicted octanol–water partition coefficient (Wildman–Crippen LogP) is 4.24. The van der Waals surface area contributed by atoms with E-state index in [1.807, 2.05) is 18.5 Å². The molecule has 2 rings (SSSR count). The number of halogens is 1. The molecule has 0 aliphatic heterocycles. The molecule has 0 spiro atoms. The van der Waals surface area contributed by atoms with Gasteiger partial charge >= 0.3 is 0 Å². The van der Waals surface area contributed by atoms with Crippen molar-refractivity contribution < 1.29 is 0 Å². The second-order valence-corrected chi connectivity index (χ2v) is 5.91. The first-order valence-corrected chi connectivity index (χ1v) is 7.64. The number of thiophene rings is 1. The van der Waals surface area contributed by atoms with Gasteiger partial charge in [-0.3, -0.25) is 0 Å². The fourth-order valence-electron chi connectivity index (χ4n) is 1.24. The predicted molar refractivity (Wildman–Crippen MR) is 75.4 cm³/mol. The lowest BCUT2D eigenvalue weighted by molar-refractivity contribution is 1.11. The van der Waals surface area contributed by atoms with Crippen LogP contribution in [0.15, 0.2) is 39.3 Å². The Morgan fingerprint density at radius 3 is 2.94 bits per heavy atom. The van der Waals surface area contributed by atoms with E-state index in [1.54, 1.807) is 23.1 Å². The molecule has 16 heavy (non-hydrogen) atoms. The van der Waals surface area contributed by atoms with Crippen LogP contribution in [0, 0.1) is 0 Å². The van der Waals surface area contributed by atoms with Gasteiger partial charge in [0.25, 0.3) is 0 Å². The molecule has 0 radical (unpaired) electrons. The monoisotopic (exact) mass is 314 g/mol. The van der Waals surface area contributed by atoms with Gasteiger partial charge < -0.3 is 5.32 Å². The van der Waals surface area contributed by atoms with Gasteiger partial charge in [-0.25, -0.2) is 4.98 Å². The highest BCUT2D eigenvalue weighted by Crippen LogP contribution is 2.21. The first-order valence-electron chi connectivity index (χ1n) is 4.75. The third-order valence-electron chi connectivity index (χ3n) is 2.03. The minimum absolute atomic E-state index is 0.844. The van der Waals surface area contributed by atoms with Crippen LogP contribution in [0.2, 0.25) is 0 Å². The quantitative estimate of drug-likeness (QED) is 0.854. The molecule has 0 unspecified atom stereocenters. The molecule has 0 fully saturated rings. The van der Waals surface area contributed by atoms with Gasteiger partial charge in [-0.15, -0.1) is 23.1 Å². The first-order chi connectivity index (χ1) is 7.78. The third kappa shape index (κ3) is 3.23. The topological polar surface area (TPSA) is 24.9 Å². The number of nitrogens with zero attached hydrogens (tertiary/aromatic N) is 1. The standard InChI is InChI=1S/C11H11BrN2S2/c1-15-11-3-2-9(5-14-11)13-6-10-4-8(12)7-16-10/h2-5,7,13H,6H2,1H3. The number of rotatable bonds is 4. The Balaban J connectivity index is 1.94. The van der Waals surface area contributed by atoms with Gasteiger partial charge in [0.1, 0.15) is 0 Å². The van der Waals surface area contributed by atoms with Crippen LogP contribution in [-0.2, 0) is 6.54 Å². The molecule has 84 valence electrons. The number of thioether (sulfide) groups is 1. The Kier molecular flexibility index (Phi) is 4.26. The maximum Gasteiger partial charge on any atom is 0.0958 e. The Morgan fingerprint density at radius 1 is 1.50 bits per heavy atom. The number of hydrogen-bond acceptors (Lipinski definition) is 4. The van der Waals surface area contributed by atoms with Crippen LogP contribution in [0.1, 0.15) is 4.88 Å². The molecule has 0 amide bonds. The smallest absolute Gasteiger partial charge is 0.0958 e. The van der Waals surface area contributed by atoms with E-state index in [2.05, 4.69) is 43.7 Å². The minimum Gasteiger partial charge on any atom is -0.379 e. The zero-order chi connectivity index (χ0) is 11.4. The van der Waals surface area contributed by atoms with Crippen LogP contribution in [-0.4, -0.2) is 11.2 Å². The van der Waals surface area contributed by atoms with Crippen molar-refractivity contribution in [3.05, 3.63) is 39.1 Å². The van der Waals surface area contributed by atoms with Crippen LogP contribution in [0.25, 0.3) is 0 Å². The largest absolute Gasteiger partial charge is 0.379 e. The maximum atomic E-state index is 4.31. The molecule has 0 bridgehead atoms. The highest BCUT2D eigenvalue weighted by molar-refractivity contribution is 9.10. The summed E-state index contributed by atoms with van der Waals surface area (Å²) in [4.78, 5) is 5.62. The molecule has 2 nitrogen and oxygen atoms in total. The number of anilines is 1. The molecule has 2 aromatic rings. The van der Waals surface area contributed by atoms with Crippen LogP contribution in [0.5, 0.6) is 0 Å². The van der Waals surface area contributed by atoms with Crippen molar-refractivity contribution in [2.75, 3.05) is 11.6 Å². The van der Waals surface area contributed by atoms with Gasteiger partial charge in [-0.05, 0) is 40.4 Å². The van der Waals surface area contributed by atoms with E-state index in [0.29, 0.717) is 0 Å². The van der Waals surface area contributed by atoms with Gasteiger partial charge in [-0.2, -0.15) is 0 Å². The summed E-state index contributed by atoms with van der Waals surface area (Å²) in [6, 6.07) is 6.21. The Hall–Kier alpha value is -0.520. The summed E-state index contributed by atoms with van der Waals surface area (Å²) in [6.07, 6.45) is 3.90. The van der Waals surface area contributed by atoms with Crippen molar-refractivity contribution in [1.29, 1.82) is 0 Å². The summed E-state index contributed by atoms with van der Waals surface area (Å²) in [7, 11) is 0. The van der Waals surface area contributed by atoms with E-state index >= 15 is 0 Å². The van der Waals surface area contributed by atoms with Crippen LogP contribution < -0.4 is 5.32 Å². The summed E-state index contributed by atoms with van der Waals surface area (Å²) in [5.74, 6) is 0. The van der Waals surface area contributed by atoms with Gasteiger partial charge in [0.2, 0.25) is 0 Å². The minimum atomic E-state index is 0.844. The van der Waals surface area contributed by atoms with Gasteiger partial charge in [0.05, 0.1) is 16.9 Å². The summed E-state index contributed by atoms with van der Waals surface area (Å²) >= 11 is 6.84. The molecule has 0 atom stereocenters. The van der Waals surface area contributed by atoms with E-state index < -0.39 is 0 Å². The van der Waals surface area contributed by atoms with E-state index in [0.717, 1.165) is 21.7 Å². The summed E-state index contributed by atoms with van der Waals surface area (Å²) < 4.78 is 1.14. The molecular weight excluding hydrogens is 304 g/mol. The van der Waals surface area contributed by atoms with E-state index in [9.17, 15) is 0 Å². The molecule has 0 aliphatic carbocycles. The average molecular weight is 315 g/mol. The van der Waals surface area contributed by atoms with E-state index in [4.69, 9.17) is 0 Å². The molecule has 2 heterocycles. The Bertz CT molecular complexity index is 453. The molecule has 0 saturated heterocycles. The lowest BCUT2D eigenvalue weighted by atomic mass is 10.4. The number of hydrogen-bond donors (Lipinski definition) is 1. The summed E-state index contributed by atoms with van der Waals surface area (Å²) in [5.41, 5.74) is 1.06. The summed E-state index contributed by atoms with van der Waals surface area (Å²) in [5, 5.41) is 6.48. The van der Waals surface area contributed by atoms with Crippen molar-refractivity contribution in [2.24, 2.45) is 0 Å². The third-order valence-corrected chi connectivity index (χ3v) is 4.39.